The van der Waals surface area contributed by atoms with Gasteiger partial charge in [0.15, 0.2) is 0 Å². The van der Waals surface area contributed by atoms with Crippen molar-refractivity contribution in [3.8, 4) is 0 Å². The first-order valence-electron chi connectivity index (χ1n) is 2.65. The van der Waals surface area contributed by atoms with E-state index in [-0.39, 0.29) is 0 Å². The summed E-state index contributed by atoms with van der Waals surface area (Å²) in [5.41, 5.74) is 1.92. The molecule has 1 aromatic rings. The molecular formula is C6H8NOS+. The molecule has 1 rings (SSSR count). The van der Waals surface area contributed by atoms with E-state index >= 15 is 0 Å². The van der Waals surface area contributed by atoms with Crippen molar-refractivity contribution in [2.45, 2.75) is 19.4 Å². The molecule has 1 N–H and O–H groups in total. The Kier molecular flexibility index (Phi) is 1.43. The van der Waals surface area contributed by atoms with Crippen LogP contribution >= 0.6 is 11.3 Å². The fourth-order valence-electron chi connectivity index (χ4n) is 0.470. The Labute approximate surface area is 58.2 Å². The topological polar surface area (TPSA) is 34.3 Å². The van der Waals surface area contributed by atoms with Gasteiger partial charge in [0.2, 0.25) is 0 Å². The molecule has 1 aromatic heterocycles. The third-order valence-electron chi connectivity index (χ3n) is 0.993. The van der Waals surface area contributed by atoms with Gasteiger partial charge in [0.05, 0.1) is 0 Å². The van der Waals surface area contributed by atoms with Crippen LogP contribution in [0, 0.1) is 5.51 Å². The van der Waals surface area contributed by atoms with Crippen molar-refractivity contribution in [2.75, 3.05) is 0 Å². The van der Waals surface area contributed by atoms with Crippen LogP contribution in [0.4, 0.5) is 0 Å². The second-order valence-corrected chi connectivity index (χ2v) is 3.20. The minimum Gasteiger partial charge on any atom is -0.385 e. The van der Waals surface area contributed by atoms with Gasteiger partial charge in [-0.1, -0.05) is 0 Å². The molecule has 0 aliphatic carbocycles. The molecule has 3 heteroatoms. The van der Waals surface area contributed by atoms with Crippen molar-refractivity contribution in [3.63, 3.8) is 0 Å². The zero-order chi connectivity index (χ0) is 6.91. The Balaban J connectivity index is 2.90. The summed E-state index contributed by atoms with van der Waals surface area (Å²) in [6, 6.07) is 0. The highest BCUT2D eigenvalue weighted by atomic mass is 32.1. The fourth-order valence-corrected chi connectivity index (χ4v) is 1.03. The molecule has 48 valence electrons. The van der Waals surface area contributed by atoms with E-state index in [0.29, 0.717) is 0 Å². The third kappa shape index (κ3) is 1.41. The Morgan fingerprint density at radius 2 is 2.44 bits per heavy atom. The van der Waals surface area contributed by atoms with Crippen LogP contribution in [0.3, 0.4) is 0 Å². The average molecular weight is 142 g/mol. The maximum Gasteiger partial charge on any atom is 0.382 e. The lowest BCUT2D eigenvalue weighted by Gasteiger charge is -2.09. The summed E-state index contributed by atoms with van der Waals surface area (Å²) >= 11 is 1.34. The summed E-state index contributed by atoms with van der Waals surface area (Å²) < 4.78 is 0. The third-order valence-corrected chi connectivity index (χ3v) is 2.01. The van der Waals surface area contributed by atoms with Crippen molar-refractivity contribution < 1.29 is 10.1 Å². The van der Waals surface area contributed by atoms with Crippen molar-refractivity contribution in [1.82, 2.24) is 0 Å². The second-order valence-electron chi connectivity index (χ2n) is 2.37. The summed E-state index contributed by atoms with van der Waals surface area (Å²) in [6.07, 6.45) is 1.63. The van der Waals surface area contributed by atoms with E-state index in [1.807, 2.05) is 0 Å². The Morgan fingerprint density at radius 1 is 1.78 bits per heavy atom. The van der Waals surface area contributed by atoms with Crippen molar-refractivity contribution in [1.29, 1.82) is 0 Å². The van der Waals surface area contributed by atoms with Gasteiger partial charge in [-0.2, -0.15) is 0 Å². The van der Waals surface area contributed by atoms with E-state index in [9.17, 15) is 5.11 Å². The van der Waals surface area contributed by atoms with Gasteiger partial charge in [-0.05, 0) is 30.2 Å². The molecule has 0 amide bonds. The molecule has 0 fully saturated rings. The highest BCUT2D eigenvalue weighted by Crippen LogP contribution is 2.19. The van der Waals surface area contributed by atoms with E-state index in [2.05, 4.69) is 10.5 Å². The van der Waals surface area contributed by atoms with Crippen LogP contribution in [0.15, 0.2) is 6.20 Å². The number of rotatable bonds is 1. The van der Waals surface area contributed by atoms with Gasteiger partial charge >= 0.3 is 11.7 Å². The molecule has 1 heterocycles. The Bertz CT molecular complexity index is 175. The van der Waals surface area contributed by atoms with Crippen LogP contribution in [-0.2, 0) is 5.60 Å². The molecule has 0 saturated carbocycles. The SMILES string of the molecule is CC(C)(O)c1c[n+]#cs1. The van der Waals surface area contributed by atoms with Gasteiger partial charge in [-0.15, -0.1) is 0 Å². The molecule has 0 saturated heterocycles. The summed E-state index contributed by atoms with van der Waals surface area (Å²) in [5, 5.41) is 9.33. The van der Waals surface area contributed by atoms with Crippen LogP contribution < -0.4 is 4.98 Å². The standard InChI is InChI=1S/C6H8NOS/c1-6(2,8)5-3-7-4-9-5/h3,8H,1-2H3/q+1. The number of hydrogen-bond acceptors (Lipinski definition) is 2. The second kappa shape index (κ2) is 1.98. The van der Waals surface area contributed by atoms with Crippen molar-refractivity contribution >= 4 is 11.3 Å². The minimum atomic E-state index is -0.752. The van der Waals surface area contributed by atoms with E-state index in [4.69, 9.17) is 0 Å². The van der Waals surface area contributed by atoms with E-state index in [0.717, 1.165) is 4.88 Å². The largest absolute Gasteiger partial charge is 0.385 e. The lowest BCUT2D eigenvalue weighted by Crippen LogP contribution is -2.13. The van der Waals surface area contributed by atoms with Crippen LogP contribution in [0.1, 0.15) is 18.7 Å². The normalized spacial score (nSPS) is 11.0. The summed E-state index contributed by atoms with van der Waals surface area (Å²) in [4.78, 5) is 4.57. The molecule has 0 unspecified atom stereocenters. The first-order valence-corrected chi connectivity index (χ1v) is 3.47. The van der Waals surface area contributed by atoms with Crippen LogP contribution in [0.2, 0.25) is 0 Å². The molecule has 2 nitrogen and oxygen atoms in total. The van der Waals surface area contributed by atoms with Crippen LogP contribution in [0.25, 0.3) is 0 Å². The van der Waals surface area contributed by atoms with Crippen molar-refractivity contribution in [2.24, 2.45) is 0 Å². The van der Waals surface area contributed by atoms with Gasteiger partial charge in [0.25, 0.3) is 0 Å². The van der Waals surface area contributed by atoms with Crippen LogP contribution in [-0.4, -0.2) is 5.11 Å². The van der Waals surface area contributed by atoms with Gasteiger partial charge in [0.1, 0.15) is 10.5 Å². The highest BCUT2D eigenvalue weighted by Gasteiger charge is 2.21. The average Bonchev–Trinajstić information content (AvgIpc) is 2.08. The lowest BCUT2D eigenvalue weighted by molar-refractivity contribution is -0.290. The molecule has 0 radical (unpaired) electrons. The minimum absolute atomic E-state index is 0.752. The molecular weight excluding hydrogens is 134 g/mol. The van der Waals surface area contributed by atoms with Gasteiger partial charge in [-0.3, -0.25) is 0 Å². The maximum absolute atomic E-state index is 9.33. The lowest BCUT2D eigenvalue weighted by atomic mass is 10.1. The summed E-state index contributed by atoms with van der Waals surface area (Å²) in [6.45, 7) is 3.46. The molecule has 0 aliphatic heterocycles. The summed E-state index contributed by atoms with van der Waals surface area (Å²) in [7, 11) is 0. The number of aliphatic hydroxyl groups is 1. The monoisotopic (exact) mass is 142 g/mol. The zero-order valence-corrected chi connectivity index (χ0v) is 6.20. The Morgan fingerprint density at radius 3 is 2.67 bits per heavy atom. The van der Waals surface area contributed by atoms with Crippen LogP contribution in [0.5, 0.6) is 0 Å². The van der Waals surface area contributed by atoms with Gasteiger partial charge in [-0.25, -0.2) is 0 Å². The summed E-state index contributed by atoms with van der Waals surface area (Å²) in [5.74, 6) is 0. The molecule has 0 bridgehead atoms. The quantitative estimate of drug-likeness (QED) is 0.615. The first kappa shape index (κ1) is 6.53. The van der Waals surface area contributed by atoms with E-state index < -0.39 is 5.60 Å². The number of aromatic nitrogens is 1. The van der Waals surface area contributed by atoms with E-state index in [1.165, 1.54) is 11.3 Å². The van der Waals surface area contributed by atoms with E-state index in [1.54, 1.807) is 20.0 Å². The smallest absolute Gasteiger partial charge is 0.382 e. The molecule has 0 aromatic carbocycles. The predicted molar refractivity (Wildman–Crippen MR) is 34.0 cm³/mol. The van der Waals surface area contributed by atoms with Gasteiger partial charge < -0.3 is 5.11 Å². The molecule has 0 spiro atoms. The zero-order valence-electron chi connectivity index (χ0n) is 5.38. The number of nitrogens with zero attached hydrogens (tertiary/aromatic N) is 1. The molecule has 9 heavy (non-hydrogen) atoms. The predicted octanol–water partition coefficient (Wildman–Crippen LogP) is 0.376. The molecule has 0 aliphatic rings. The Hall–Kier alpha value is -0.590. The fraction of sp³-hybridized carbons (Fsp3) is 0.500. The van der Waals surface area contributed by atoms with Gasteiger partial charge in [0, 0.05) is 0 Å². The molecule has 0 atom stereocenters. The number of hydrogen-bond donors (Lipinski definition) is 1. The maximum atomic E-state index is 9.33. The first-order chi connectivity index (χ1) is 4.11. The highest BCUT2D eigenvalue weighted by molar-refractivity contribution is 7.08. The van der Waals surface area contributed by atoms with Crippen molar-refractivity contribution in [3.05, 3.63) is 16.6 Å².